The third-order valence-corrected chi connectivity index (χ3v) is 2.65. The van der Waals surface area contributed by atoms with Gasteiger partial charge in [0, 0.05) is 24.7 Å². The molecule has 1 heterocycles. The summed E-state index contributed by atoms with van der Waals surface area (Å²) in [6, 6.07) is 0.608. The summed E-state index contributed by atoms with van der Waals surface area (Å²) in [5.41, 5.74) is -0.0766. The number of likely N-dealkylation sites (N-methyl/N-ethyl adjacent to an activating group) is 1. The van der Waals surface area contributed by atoms with E-state index in [0.717, 1.165) is 13.1 Å². The SMILES string of the molecule is CN(C1CNC1)C(C)(C)CO. The van der Waals surface area contributed by atoms with E-state index in [4.69, 9.17) is 5.11 Å². The van der Waals surface area contributed by atoms with E-state index in [1.807, 2.05) is 0 Å². The summed E-state index contributed by atoms with van der Waals surface area (Å²) in [6.07, 6.45) is 0. The highest BCUT2D eigenvalue weighted by Crippen LogP contribution is 2.16. The van der Waals surface area contributed by atoms with Crippen LogP contribution in [0.4, 0.5) is 0 Å². The minimum absolute atomic E-state index is 0.0766. The summed E-state index contributed by atoms with van der Waals surface area (Å²) < 4.78 is 0. The summed E-state index contributed by atoms with van der Waals surface area (Å²) in [7, 11) is 2.07. The minimum Gasteiger partial charge on any atom is -0.394 e. The fourth-order valence-electron chi connectivity index (χ4n) is 1.15. The van der Waals surface area contributed by atoms with Gasteiger partial charge >= 0.3 is 0 Å². The molecule has 0 amide bonds. The number of aliphatic hydroxyl groups excluding tert-OH is 1. The average molecular weight is 158 g/mol. The van der Waals surface area contributed by atoms with Crippen LogP contribution < -0.4 is 5.32 Å². The van der Waals surface area contributed by atoms with Crippen molar-refractivity contribution in [2.45, 2.75) is 25.4 Å². The van der Waals surface area contributed by atoms with E-state index in [2.05, 4.69) is 31.1 Å². The molecule has 3 nitrogen and oxygen atoms in total. The van der Waals surface area contributed by atoms with Gasteiger partial charge in [0.15, 0.2) is 0 Å². The number of hydrogen-bond acceptors (Lipinski definition) is 3. The van der Waals surface area contributed by atoms with Gasteiger partial charge in [-0.15, -0.1) is 0 Å². The number of hydrogen-bond donors (Lipinski definition) is 2. The number of nitrogens with one attached hydrogen (secondary N) is 1. The lowest BCUT2D eigenvalue weighted by atomic mass is 10.00. The maximum Gasteiger partial charge on any atom is 0.0610 e. The highest BCUT2D eigenvalue weighted by Gasteiger charge is 2.31. The molecule has 11 heavy (non-hydrogen) atoms. The van der Waals surface area contributed by atoms with Crippen molar-refractivity contribution < 1.29 is 5.11 Å². The lowest BCUT2D eigenvalue weighted by Crippen LogP contribution is -2.62. The van der Waals surface area contributed by atoms with Gasteiger partial charge in [-0.05, 0) is 20.9 Å². The first-order valence-electron chi connectivity index (χ1n) is 4.12. The first-order valence-corrected chi connectivity index (χ1v) is 4.12. The zero-order valence-electron chi connectivity index (χ0n) is 7.59. The molecule has 1 aliphatic rings. The van der Waals surface area contributed by atoms with Gasteiger partial charge in [0.1, 0.15) is 0 Å². The molecule has 0 spiro atoms. The molecule has 1 aliphatic heterocycles. The standard InChI is InChI=1S/C8H18N2O/c1-8(2,6-11)10(3)7-4-9-5-7/h7,9,11H,4-6H2,1-3H3. The van der Waals surface area contributed by atoms with Gasteiger partial charge in [0.05, 0.1) is 6.61 Å². The molecule has 2 N–H and O–H groups in total. The van der Waals surface area contributed by atoms with Crippen molar-refractivity contribution in [3.8, 4) is 0 Å². The summed E-state index contributed by atoms with van der Waals surface area (Å²) >= 11 is 0. The highest BCUT2D eigenvalue weighted by atomic mass is 16.3. The average Bonchev–Trinajstić information content (AvgIpc) is 1.84. The zero-order chi connectivity index (χ0) is 8.48. The molecule has 1 rings (SSSR count). The third-order valence-electron chi connectivity index (χ3n) is 2.65. The zero-order valence-corrected chi connectivity index (χ0v) is 7.59. The van der Waals surface area contributed by atoms with Gasteiger partial charge in [0.2, 0.25) is 0 Å². The minimum atomic E-state index is -0.0766. The third kappa shape index (κ3) is 1.72. The van der Waals surface area contributed by atoms with Crippen LogP contribution in [-0.4, -0.2) is 48.3 Å². The second-order valence-corrected chi connectivity index (χ2v) is 3.89. The van der Waals surface area contributed by atoms with Crippen molar-refractivity contribution in [1.29, 1.82) is 0 Å². The molecular weight excluding hydrogens is 140 g/mol. The molecule has 0 aromatic carbocycles. The molecule has 0 aliphatic carbocycles. The fraction of sp³-hybridized carbons (Fsp3) is 1.00. The predicted octanol–water partition coefficient (Wildman–Crippen LogP) is -0.339. The van der Waals surface area contributed by atoms with Crippen LogP contribution in [0.1, 0.15) is 13.8 Å². The topological polar surface area (TPSA) is 35.5 Å². The van der Waals surface area contributed by atoms with E-state index in [9.17, 15) is 0 Å². The summed E-state index contributed by atoms with van der Waals surface area (Å²) in [4.78, 5) is 2.24. The van der Waals surface area contributed by atoms with Gasteiger partial charge in [-0.25, -0.2) is 0 Å². The Morgan fingerprint density at radius 3 is 2.36 bits per heavy atom. The largest absolute Gasteiger partial charge is 0.394 e. The van der Waals surface area contributed by atoms with E-state index in [-0.39, 0.29) is 12.1 Å². The van der Waals surface area contributed by atoms with Crippen molar-refractivity contribution in [2.75, 3.05) is 26.7 Å². The van der Waals surface area contributed by atoms with Crippen LogP contribution >= 0.6 is 0 Å². The number of nitrogens with zero attached hydrogens (tertiary/aromatic N) is 1. The Balaban J connectivity index is 2.44. The van der Waals surface area contributed by atoms with E-state index in [0.29, 0.717) is 6.04 Å². The first-order chi connectivity index (χ1) is 5.08. The van der Waals surface area contributed by atoms with Crippen LogP contribution in [0, 0.1) is 0 Å². The molecule has 0 unspecified atom stereocenters. The van der Waals surface area contributed by atoms with Crippen molar-refractivity contribution in [2.24, 2.45) is 0 Å². The van der Waals surface area contributed by atoms with Gasteiger partial charge in [0.25, 0.3) is 0 Å². The lowest BCUT2D eigenvalue weighted by Gasteiger charge is -2.44. The van der Waals surface area contributed by atoms with E-state index >= 15 is 0 Å². The normalized spacial score (nSPS) is 20.5. The molecular formula is C8H18N2O. The van der Waals surface area contributed by atoms with E-state index < -0.39 is 0 Å². The van der Waals surface area contributed by atoms with Crippen LogP contribution in [0.3, 0.4) is 0 Å². The quantitative estimate of drug-likeness (QED) is 0.590. The Morgan fingerprint density at radius 1 is 1.55 bits per heavy atom. The number of rotatable bonds is 3. The summed E-state index contributed by atoms with van der Waals surface area (Å²) in [6.45, 7) is 6.45. The maximum absolute atomic E-state index is 9.07. The van der Waals surface area contributed by atoms with Gasteiger partial charge < -0.3 is 10.4 Å². The molecule has 0 bridgehead atoms. The summed E-state index contributed by atoms with van der Waals surface area (Å²) in [5.74, 6) is 0. The molecule has 0 aromatic heterocycles. The molecule has 1 saturated heterocycles. The van der Waals surface area contributed by atoms with E-state index in [1.54, 1.807) is 0 Å². The molecule has 0 aromatic rings. The smallest absolute Gasteiger partial charge is 0.0610 e. The molecule has 0 radical (unpaired) electrons. The fourth-order valence-corrected chi connectivity index (χ4v) is 1.15. The second kappa shape index (κ2) is 3.09. The second-order valence-electron chi connectivity index (χ2n) is 3.89. The van der Waals surface area contributed by atoms with Crippen LogP contribution in [0.2, 0.25) is 0 Å². The van der Waals surface area contributed by atoms with Gasteiger partial charge in [-0.1, -0.05) is 0 Å². The lowest BCUT2D eigenvalue weighted by molar-refractivity contribution is 0.0264. The molecule has 0 atom stereocenters. The molecule has 3 heteroatoms. The molecule has 1 fully saturated rings. The Hall–Kier alpha value is -0.120. The van der Waals surface area contributed by atoms with Crippen molar-refractivity contribution in [1.82, 2.24) is 10.2 Å². The van der Waals surface area contributed by atoms with Crippen LogP contribution in [-0.2, 0) is 0 Å². The Kier molecular flexibility index (Phi) is 2.52. The molecule has 0 saturated carbocycles. The summed E-state index contributed by atoms with van der Waals surface area (Å²) in [5, 5.41) is 12.3. The van der Waals surface area contributed by atoms with Crippen LogP contribution in [0.25, 0.3) is 0 Å². The van der Waals surface area contributed by atoms with Gasteiger partial charge in [-0.3, -0.25) is 4.90 Å². The van der Waals surface area contributed by atoms with Gasteiger partial charge in [-0.2, -0.15) is 0 Å². The van der Waals surface area contributed by atoms with E-state index in [1.165, 1.54) is 0 Å². The first kappa shape index (κ1) is 8.97. The monoisotopic (exact) mass is 158 g/mol. The Morgan fingerprint density at radius 2 is 2.09 bits per heavy atom. The van der Waals surface area contributed by atoms with Crippen molar-refractivity contribution in [3.05, 3.63) is 0 Å². The van der Waals surface area contributed by atoms with Crippen molar-refractivity contribution >= 4 is 0 Å². The van der Waals surface area contributed by atoms with Crippen molar-refractivity contribution in [3.63, 3.8) is 0 Å². The maximum atomic E-state index is 9.07. The highest BCUT2D eigenvalue weighted by molar-refractivity contribution is 4.90. The Bertz CT molecular complexity index is 132. The predicted molar refractivity (Wildman–Crippen MR) is 45.6 cm³/mol. The van der Waals surface area contributed by atoms with Crippen LogP contribution in [0.15, 0.2) is 0 Å². The number of aliphatic hydroxyl groups is 1. The Labute approximate surface area is 68.4 Å². The molecule has 66 valence electrons. The van der Waals surface area contributed by atoms with Crippen LogP contribution in [0.5, 0.6) is 0 Å².